The first-order valence-electron chi connectivity index (χ1n) is 14.7. The number of carbonyl (C=O) groups excluding carboxylic acids is 5. The molecule has 1 aliphatic rings. The lowest BCUT2D eigenvalue weighted by Crippen LogP contribution is -2.58. The third-order valence-electron chi connectivity index (χ3n) is 7.51. The summed E-state index contributed by atoms with van der Waals surface area (Å²) in [6, 6.07) is 8.96. The number of esters is 1. The Hall–Kier alpha value is -3.99. The molecule has 0 fully saturated rings. The van der Waals surface area contributed by atoms with Gasteiger partial charge in [0.25, 0.3) is 0 Å². The molecule has 1 heterocycles. The van der Waals surface area contributed by atoms with Crippen molar-refractivity contribution in [3.63, 3.8) is 0 Å². The number of cyclic esters (lactones) is 1. The molecule has 44 heavy (non-hydrogen) atoms. The van der Waals surface area contributed by atoms with E-state index in [0.29, 0.717) is 35.7 Å². The highest BCUT2D eigenvalue weighted by Gasteiger charge is 2.37. The van der Waals surface area contributed by atoms with Crippen molar-refractivity contribution in [2.24, 2.45) is 0 Å². The summed E-state index contributed by atoms with van der Waals surface area (Å²) < 4.78 is 6.05. The van der Waals surface area contributed by atoms with Gasteiger partial charge in [-0.25, -0.2) is 4.79 Å². The predicted octanol–water partition coefficient (Wildman–Crippen LogP) is 4.24. The zero-order valence-electron chi connectivity index (χ0n) is 25.5. The van der Waals surface area contributed by atoms with Gasteiger partial charge in [-0.1, -0.05) is 48.0 Å². The highest BCUT2D eigenvalue weighted by molar-refractivity contribution is 9.10. The van der Waals surface area contributed by atoms with Gasteiger partial charge in [-0.05, 0) is 80.1 Å². The van der Waals surface area contributed by atoms with Crippen molar-refractivity contribution in [3.8, 4) is 5.75 Å². The van der Waals surface area contributed by atoms with Gasteiger partial charge in [-0.2, -0.15) is 0 Å². The lowest BCUT2D eigenvalue weighted by atomic mass is 10.0. The Kier molecular flexibility index (Phi) is 12.7. The predicted molar refractivity (Wildman–Crippen MR) is 169 cm³/mol. The second-order valence-corrected chi connectivity index (χ2v) is 12.0. The summed E-state index contributed by atoms with van der Waals surface area (Å²) >= 11 is 3.27. The zero-order chi connectivity index (χ0) is 32.4. The van der Waals surface area contributed by atoms with Crippen LogP contribution in [0.5, 0.6) is 5.75 Å². The number of hydrogen-bond donors (Lipinski definition) is 3. The number of nitrogens with one attached hydrogen (secondary N) is 2. The minimum Gasteiger partial charge on any atom is -0.507 e. The maximum absolute atomic E-state index is 13.9. The number of allylic oxidation sites excluding steroid dienone is 2. The molecule has 3 rings (SSSR count). The molecule has 0 radical (unpaired) electrons. The molecular formula is C33H40BrN3O7. The van der Waals surface area contributed by atoms with Crippen molar-refractivity contribution in [2.75, 3.05) is 7.05 Å². The molecule has 10 nitrogen and oxygen atoms in total. The van der Waals surface area contributed by atoms with E-state index in [1.165, 1.54) is 24.9 Å². The van der Waals surface area contributed by atoms with E-state index in [-0.39, 0.29) is 30.1 Å². The maximum atomic E-state index is 13.9. The number of Topliss-reactive ketones (excluding diaryl/α,β-unsaturated/α-hetero) is 1. The Morgan fingerprint density at radius 2 is 1.75 bits per heavy atom. The van der Waals surface area contributed by atoms with Crippen LogP contribution < -0.4 is 10.6 Å². The number of amides is 3. The number of ketones is 1. The van der Waals surface area contributed by atoms with Crippen molar-refractivity contribution < 1.29 is 33.8 Å². The van der Waals surface area contributed by atoms with Crippen LogP contribution in [0.1, 0.15) is 68.8 Å². The van der Waals surface area contributed by atoms with Gasteiger partial charge >= 0.3 is 5.97 Å². The highest BCUT2D eigenvalue weighted by atomic mass is 79.9. The average molecular weight is 671 g/mol. The van der Waals surface area contributed by atoms with Crippen LogP contribution in [0.25, 0.3) is 0 Å². The number of hydrogen-bond acceptors (Lipinski definition) is 7. The molecule has 1 unspecified atom stereocenters. The first-order valence-corrected chi connectivity index (χ1v) is 15.5. The summed E-state index contributed by atoms with van der Waals surface area (Å²) in [6.45, 7) is 5.22. The van der Waals surface area contributed by atoms with Crippen molar-refractivity contribution in [1.29, 1.82) is 0 Å². The average Bonchev–Trinajstić information content (AvgIpc) is 3.00. The number of carbonyl (C=O) groups is 5. The van der Waals surface area contributed by atoms with Crippen LogP contribution in [0.15, 0.2) is 64.7 Å². The maximum Gasteiger partial charge on any atom is 0.337 e. The monoisotopic (exact) mass is 669 g/mol. The minimum absolute atomic E-state index is 0.00439. The number of phenolic OH excluding ortho intramolecular Hbond substituents is 1. The van der Waals surface area contributed by atoms with Gasteiger partial charge in [0, 0.05) is 25.5 Å². The normalized spacial score (nSPS) is 24.5. The largest absolute Gasteiger partial charge is 0.507 e. The zero-order valence-corrected chi connectivity index (χ0v) is 27.1. The second kappa shape index (κ2) is 16.2. The quantitative estimate of drug-likeness (QED) is 0.191. The van der Waals surface area contributed by atoms with E-state index < -0.39 is 47.8 Å². The molecule has 0 saturated carbocycles. The SMILES string of the molecule is C/C1=C/CCCC(=O)N[C@@H](C)C(=O)N(C)[C@H](Cc2ccc(O)c(Br)c2)C(=O)NC(C(=O)c2ccccc2)C(=O)O[C@@H](C)CC1. The Morgan fingerprint density at radius 3 is 2.43 bits per heavy atom. The Bertz CT molecular complexity index is 1400. The van der Waals surface area contributed by atoms with Gasteiger partial charge in [-0.3, -0.25) is 19.2 Å². The highest BCUT2D eigenvalue weighted by Crippen LogP contribution is 2.25. The van der Waals surface area contributed by atoms with Crippen LogP contribution in [-0.4, -0.2) is 70.8 Å². The van der Waals surface area contributed by atoms with Gasteiger partial charge < -0.3 is 25.4 Å². The van der Waals surface area contributed by atoms with E-state index in [1.54, 1.807) is 49.4 Å². The summed E-state index contributed by atoms with van der Waals surface area (Å²) in [4.78, 5) is 68.2. The fraction of sp³-hybridized carbons (Fsp3) is 0.424. The molecule has 2 aromatic carbocycles. The standard InChI is InChI=1S/C33H40BrN3O7/c1-20-10-8-9-13-28(39)35-22(3)32(42)37(4)26(19-23-16-17-27(38)25(34)18-23)31(41)36-29(33(43)44-21(2)15-14-20)30(40)24-11-6-5-7-12-24/h5-7,10-12,16-18,21-22,26,29,38H,8-9,13-15,19H2,1-4H3,(H,35,39)(H,36,41)/b20-10-/t21-,22-,26+,29?/m0/s1. The number of phenols is 1. The van der Waals surface area contributed by atoms with Gasteiger partial charge in [0.05, 0.1) is 10.6 Å². The fourth-order valence-electron chi connectivity index (χ4n) is 4.85. The van der Waals surface area contributed by atoms with Crippen molar-refractivity contribution in [2.45, 2.75) is 83.5 Å². The summed E-state index contributed by atoms with van der Waals surface area (Å²) in [6.07, 6.45) is 4.11. The lowest BCUT2D eigenvalue weighted by Gasteiger charge is -2.31. The number of rotatable bonds is 4. The fourth-order valence-corrected chi connectivity index (χ4v) is 5.28. The molecule has 0 bridgehead atoms. The van der Waals surface area contributed by atoms with Crippen LogP contribution in [0.3, 0.4) is 0 Å². The van der Waals surface area contributed by atoms with Gasteiger partial charge in [-0.15, -0.1) is 0 Å². The van der Waals surface area contributed by atoms with E-state index in [1.807, 2.05) is 13.0 Å². The van der Waals surface area contributed by atoms with E-state index in [9.17, 15) is 29.1 Å². The Morgan fingerprint density at radius 1 is 1.05 bits per heavy atom. The van der Waals surface area contributed by atoms with Crippen molar-refractivity contribution in [3.05, 3.63) is 75.8 Å². The number of ether oxygens (including phenoxy) is 1. The summed E-state index contributed by atoms with van der Waals surface area (Å²) in [7, 11) is 1.43. The molecule has 0 aromatic heterocycles. The third-order valence-corrected chi connectivity index (χ3v) is 8.15. The first-order chi connectivity index (χ1) is 20.9. The number of benzene rings is 2. The second-order valence-electron chi connectivity index (χ2n) is 11.1. The number of likely N-dealkylation sites (N-methyl/N-ethyl adjacent to an activating group) is 1. The van der Waals surface area contributed by atoms with Crippen molar-refractivity contribution >= 4 is 45.4 Å². The molecule has 0 spiro atoms. The van der Waals surface area contributed by atoms with Crippen LogP contribution in [0, 0.1) is 0 Å². The Balaban J connectivity index is 2.01. The molecule has 0 saturated heterocycles. The molecular weight excluding hydrogens is 630 g/mol. The van der Waals surface area contributed by atoms with E-state index in [2.05, 4.69) is 26.6 Å². The first kappa shape index (κ1) is 34.5. The molecule has 236 valence electrons. The molecule has 11 heteroatoms. The molecule has 2 aromatic rings. The van der Waals surface area contributed by atoms with Crippen LogP contribution in [0.2, 0.25) is 0 Å². The number of aromatic hydroxyl groups is 1. The lowest BCUT2D eigenvalue weighted by molar-refractivity contribution is -0.151. The van der Waals surface area contributed by atoms with Gasteiger partial charge in [0.1, 0.15) is 17.8 Å². The summed E-state index contributed by atoms with van der Waals surface area (Å²) in [5.41, 5.74) is 1.87. The molecule has 0 aliphatic carbocycles. The van der Waals surface area contributed by atoms with Gasteiger partial charge in [0.2, 0.25) is 17.7 Å². The van der Waals surface area contributed by atoms with Crippen LogP contribution >= 0.6 is 15.9 Å². The topological polar surface area (TPSA) is 142 Å². The molecule has 3 amide bonds. The van der Waals surface area contributed by atoms with E-state index >= 15 is 0 Å². The molecule has 4 atom stereocenters. The summed E-state index contributed by atoms with van der Waals surface area (Å²) in [5.74, 6) is -3.15. The minimum atomic E-state index is -1.67. The van der Waals surface area contributed by atoms with Gasteiger partial charge in [0.15, 0.2) is 11.8 Å². The third kappa shape index (κ3) is 9.77. The number of nitrogens with zero attached hydrogens (tertiary/aromatic N) is 1. The Labute approximate surface area is 266 Å². The number of halogens is 1. The van der Waals surface area contributed by atoms with Crippen LogP contribution in [-0.2, 0) is 30.3 Å². The van der Waals surface area contributed by atoms with Crippen molar-refractivity contribution in [1.82, 2.24) is 15.5 Å². The molecule has 3 N–H and O–H groups in total. The van der Waals surface area contributed by atoms with Crippen LogP contribution in [0.4, 0.5) is 0 Å². The smallest absolute Gasteiger partial charge is 0.337 e. The van der Waals surface area contributed by atoms with E-state index in [4.69, 9.17) is 4.74 Å². The summed E-state index contributed by atoms with van der Waals surface area (Å²) in [5, 5.41) is 15.2. The molecule has 1 aliphatic heterocycles. The van der Waals surface area contributed by atoms with E-state index in [0.717, 1.165) is 5.57 Å².